The van der Waals surface area contributed by atoms with Gasteiger partial charge < -0.3 is 9.80 Å². The third-order valence-corrected chi connectivity index (χ3v) is 2.14. The summed E-state index contributed by atoms with van der Waals surface area (Å²) < 4.78 is 0. The van der Waals surface area contributed by atoms with Crippen molar-refractivity contribution in [2.24, 2.45) is 0 Å². The Labute approximate surface area is 79.5 Å². The third kappa shape index (κ3) is 6.46. The number of hydrogen-bond donors (Lipinski definition) is 0. The topological polar surface area (TPSA) is 40.6 Å². The van der Waals surface area contributed by atoms with E-state index in [4.69, 9.17) is 9.59 Å². The SMILES string of the molecule is CCCN1CCN(C)CC1.O=C=O. The molecule has 0 amide bonds. The van der Waals surface area contributed by atoms with Crippen LogP contribution in [-0.4, -0.2) is 55.7 Å². The average molecular weight is 186 g/mol. The van der Waals surface area contributed by atoms with Crippen LogP contribution in [0.1, 0.15) is 13.3 Å². The van der Waals surface area contributed by atoms with Gasteiger partial charge in [0, 0.05) is 26.2 Å². The molecule has 1 heterocycles. The summed E-state index contributed by atoms with van der Waals surface area (Å²) in [5, 5.41) is 0. The first-order valence-corrected chi connectivity index (χ1v) is 4.64. The van der Waals surface area contributed by atoms with Crippen LogP contribution in [0.25, 0.3) is 0 Å². The fraction of sp³-hybridized carbons (Fsp3) is 0.889. The number of rotatable bonds is 2. The van der Waals surface area contributed by atoms with Gasteiger partial charge in [-0.1, -0.05) is 6.92 Å². The predicted molar refractivity (Wildman–Crippen MR) is 49.2 cm³/mol. The Morgan fingerprint density at radius 2 is 1.62 bits per heavy atom. The summed E-state index contributed by atoms with van der Waals surface area (Å²) >= 11 is 0. The van der Waals surface area contributed by atoms with Crippen molar-refractivity contribution in [2.45, 2.75) is 13.3 Å². The molecule has 0 radical (unpaired) electrons. The van der Waals surface area contributed by atoms with Crippen LogP contribution in [0.4, 0.5) is 0 Å². The second kappa shape index (κ2) is 7.92. The van der Waals surface area contributed by atoms with Crippen molar-refractivity contribution in [1.29, 1.82) is 0 Å². The summed E-state index contributed by atoms with van der Waals surface area (Å²) in [7, 11) is 2.20. The van der Waals surface area contributed by atoms with Crippen LogP contribution < -0.4 is 0 Å². The van der Waals surface area contributed by atoms with Crippen molar-refractivity contribution < 1.29 is 9.59 Å². The first-order valence-electron chi connectivity index (χ1n) is 4.64. The highest BCUT2D eigenvalue weighted by molar-refractivity contribution is 5.20. The number of piperazine rings is 1. The van der Waals surface area contributed by atoms with Crippen LogP contribution in [-0.2, 0) is 9.59 Å². The van der Waals surface area contributed by atoms with Gasteiger partial charge in [-0.05, 0) is 20.0 Å². The second-order valence-corrected chi connectivity index (χ2v) is 3.23. The summed E-state index contributed by atoms with van der Waals surface area (Å²) in [4.78, 5) is 21.2. The highest BCUT2D eigenvalue weighted by Crippen LogP contribution is 1.98. The van der Waals surface area contributed by atoms with Gasteiger partial charge in [0.15, 0.2) is 0 Å². The maximum absolute atomic E-state index is 8.12. The van der Waals surface area contributed by atoms with E-state index in [1.54, 1.807) is 0 Å². The first kappa shape index (κ1) is 12.3. The maximum Gasteiger partial charge on any atom is 0.373 e. The van der Waals surface area contributed by atoms with E-state index >= 15 is 0 Å². The van der Waals surface area contributed by atoms with Gasteiger partial charge in [-0.15, -0.1) is 0 Å². The lowest BCUT2D eigenvalue weighted by atomic mass is 10.3. The average Bonchev–Trinajstić information content (AvgIpc) is 2.11. The fourth-order valence-electron chi connectivity index (χ4n) is 1.39. The maximum atomic E-state index is 8.12. The van der Waals surface area contributed by atoms with E-state index in [0.29, 0.717) is 0 Å². The number of carbonyl (C=O) groups excluding carboxylic acids is 2. The first-order chi connectivity index (χ1) is 6.24. The summed E-state index contributed by atoms with van der Waals surface area (Å²) in [5.41, 5.74) is 0. The Morgan fingerprint density at radius 1 is 1.15 bits per heavy atom. The molecule has 0 N–H and O–H groups in total. The molecule has 1 saturated heterocycles. The Bertz CT molecular complexity index is 148. The fourth-order valence-corrected chi connectivity index (χ4v) is 1.39. The van der Waals surface area contributed by atoms with Gasteiger partial charge in [0.2, 0.25) is 0 Å². The van der Waals surface area contributed by atoms with E-state index in [0.717, 1.165) is 0 Å². The van der Waals surface area contributed by atoms with E-state index in [-0.39, 0.29) is 6.15 Å². The molecule has 76 valence electrons. The molecule has 0 saturated carbocycles. The Hall–Kier alpha value is -0.700. The van der Waals surface area contributed by atoms with Crippen LogP contribution in [0.2, 0.25) is 0 Å². The molecule has 1 aliphatic heterocycles. The van der Waals surface area contributed by atoms with E-state index < -0.39 is 0 Å². The van der Waals surface area contributed by atoms with Gasteiger partial charge in [0.1, 0.15) is 0 Å². The minimum absolute atomic E-state index is 0.250. The van der Waals surface area contributed by atoms with Crippen molar-refractivity contribution in [3.63, 3.8) is 0 Å². The van der Waals surface area contributed by atoms with Gasteiger partial charge in [-0.25, -0.2) is 0 Å². The van der Waals surface area contributed by atoms with Crippen LogP contribution in [0.3, 0.4) is 0 Å². The lowest BCUT2D eigenvalue weighted by Crippen LogP contribution is -2.44. The summed E-state index contributed by atoms with van der Waals surface area (Å²) in [6, 6.07) is 0. The third-order valence-electron chi connectivity index (χ3n) is 2.14. The smallest absolute Gasteiger partial charge is 0.304 e. The molecule has 4 nitrogen and oxygen atoms in total. The zero-order valence-electron chi connectivity index (χ0n) is 8.45. The standard InChI is InChI=1S/C8H18N2.CO2/c1-3-4-10-7-5-9(2)6-8-10;2-1-3/h3-8H2,1-2H3;. The second-order valence-electron chi connectivity index (χ2n) is 3.23. The van der Waals surface area contributed by atoms with E-state index in [2.05, 4.69) is 23.8 Å². The molecule has 0 atom stereocenters. The minimum atomic E-state index is 0.250. The largest absolute Gasteiger partial charge is 0.373 e. The molecule has 0 aromatic heterocycles. The predicted octanol–water partition coefficient (Wildman–Crippen LogP) is 0.0603. The molecule has 0 aliphatic carbocycles. The number of likely N-dealkylation sites (N-methyl/N-ethyl adjacent to an activating group) is 1. The van der Waals surface area contributed by atoms with Crippen molar-refractivity contribution in [1.82, 2.24) is 9.80 Å². The summed E-state index contributed by atoms with van der Waals surface area (Å²) in [6.45, 7) is 8.57. The quantitative estimate of drug-likeness (QED) is 0.611. The lowest BCUT2D eigenvalue weighted by molar-refractivity contribution is -0.191. The summed E-state index contributed by atoms with van der Waals surface area (Å²) in [5.74, 6) is 0. The van der Waals surface area contributed by atoms with Crippen LogP contribution in [0, 0.1) is 0 Å². The zero-order valence-corrected chi connectivity index (χ0v) is 8.45. The molecule has 0 aromatic rings. The monoisotopic (exact) mass is 186 g/mol. The summed E-state index contributed by atoms with van der Waals surface area (Å²) in [6.07, 6.45) is 1.55. The van der Waals surface area contributed by atoms with E-state index in [1.165, 1.54) is 39.1 Å². The molecule has 0 unspecified atom stereocenters. The molecule has 0 aromatic carbocycles. The van der Waals surface area contributed by atoms with Crippen molar-refractivity contribution in [2.75, 3.05) is 39.8 Å². The minimum Gasteiger partial charge on any atom is -0.304 e. The molecular formula is C9H18N2O2. The molecular weight excluding hydrogens is 168 g/mol. The van der Waals surface area contributed by atoms with Crippen LogP contribution >= 0.6 is 0 Å². The lowest BCUT2D eigenvalue weighted by Gasteiger charge is -2.31. The van der Waals surface area contributed by atoms with Crippen molar-refractivity contribution >= 4 is 6.15 Å². The van der Waals surface area contributed by atoms with Crippen LogP contribution in [0.5, 0.6) is 0 Å². The number of nitrogens with zero attached hydrogens (tertiary/aromatic N) is 2. The Morgan fingerprint density at radius 3 is 2.00 bits per heavy atom. The van der Waals surface area contributed by atoms with Crippen molar-refractivity contribution in [3.8, 4) is 0 Å². The van der Waals surface area contributed by atoms with E-state index in [1.807, 2.05) is 0 Å². The molecule has 13 heavy (non-hydrogen) atoms. The molecule has 0 spiro atoms. The zero-order chi connectivity index (χ0) is 10.1. The van der Waals surface area contributed by atoms with Crippen molar-refractivity contribution in [3.05, 3.63) is 0 Å². The number of hydrogen-bond acceptors (Lipinski definition) is 4. The van der Waals surface area contributed by atoms with Gasteiger partial charge >= 0.3 is 6.15 Å². The van der Waals surface area contributed by atoms with Gasteiger partial charge in [-0.3, -0.25) is 0 Å². The molecule has 1 fully saturated rings. The van der Waals surface area contributed by atoms with Crippen LogP contribution in [0.15, 0.2) is 0 Å². The molecule has 1 rings (SSSR count). The molecule has 4 heteroatoms. The Kier molecular flexibility index (Phi) is 7.50. The van der Waals surface area contributed by atoms with E-state index in [9.17, 15) is 0 Å². The highest BCUT2D eigenvalue weighted by Gasteiger charge is 2.11. The highest BCUT2D eigenvalue weighted by atomic mass is 16.2. The van der Waals surface area contributed by atoms with Gasteiger partial charge in [0.05, 0.1) is 0 Å². The Balaban J connectivity index is 0.000000424. The normalized spacial score (nSPS) is 18.6. The van der Waals surface area contributed by atoms with Gasteiger partial charge in [-0.2, -0.15) is 9.59 Å². The molecule has 0 bridgehead atoms. The molecule has 1 aliphatic rings. The van der Waals surface area contributed by atoms with Gasteiger partial charge in [0.25, 0.3) is 0 Å².